The Morgan fingerprint density at radius 1 is 0.604 bits per heavy atom. The number of esters is 2. The highest BCUT2D eigenvalue weighted by molar-refractivity contribution is 6.04. The molecule has 0 aliphatic carbocycles. The van der Waals surface area contributed by atoms with Crippen LogP contribution < -0.4 is 15.4 Å². The zero-order chi connectivity index (χ0) is 35.1. The van der Waals surface area contributed by atoms with E-state index in [0.29, 0.717) is 22.4 Å². The summed E-state index contributed by atoms with van der Waals surface area (Å²) in [5.41, 5.74) is 5.01. The smallest absolute Gasteiger partial charge is 0.330 e. The summed E-state index contributed by atoms with van der Waals surface area (Å²) >= 11 is 0. The van der Waals surface area contributed by atoms with Crippen molar-refractivity contribution in [2.75, 3.05) is 34.5 Å². The number of aryl methyl sites for hydroxylation is 1. The van der Waals surface area contributed by atoms with Crippen molar-refractivity contribution in [2.24, 2.45) is 0 Å². The first-order valence-electron chi connectivity index (χ1n) is 15.1. The second-order valence-corrected chi connectivity index (χ2v) is 10.3. The number of carbonyl (C=O) groups is 4. The molecule has 4 aromatic carbocycles. The first-order valence-corrected chi connectivity index (χ1v) is 15.1. The minimum Gasteiger partial charge on any atom is -0.496 e. The van der Waals surface area contributed by atoms with Crippen LogP contribution in [0, 0.1) is 0 Å². The normalized spacial score (nSPS) is 11.5. The number of benzene rings is 4. The van der Waals surface area contributed by atoms with Crippen LogP contribution in [0.4, 0.5) is 0 Å². The number of hydrogen-bond acceptors (Lipinski definition) is 9. The lowest BCUT2D eigenvalue weighted by molar-refractivity contribution is -0.144. The molecular formula is C37H40N2O9. The number of rotatable bonds is 12. The first-order chi connectivity index (χ1) is 23.2. The van der Waals surface area contributed by atoms with E-state index < -0.39 is 49.1 Å². The number of methoxy groups -OCH3 is 3. The van der Waals surface area contributed by atoms with Gasteiger partial charge in [-0.25, -0.2) is 9.59 Å². The van der Waals surface area contributed by atoms with Crippen LogP contribution in [0.15, 0.2) is 97.1 Å². The summed E-state index contributed by atoms with van der Waals surface area (Å²) in [6.45, 7) is 0.948. The lowest BCUT2D eigenvalue weighted by Gasteiger charge is -2.17. The summed E-state index contributed by atoms with van der Waals surface area (Å²) in [4.78, 5) is 48.4. The zero-order valence-corrected chi connectivity index (χ0v) is 27.3. The molecule has 252 valence electrons. The summed E-state index contributed by atoms with van der Waals surface area (Å²) in [7, 11) is 3.93. The molecule has 0 radical (unpaired) electrons. The summed E-state index contributed by atoms with van der Waals surface area (Å²) in [5, 5.41) is 23.6. The van der Waals surface area contributed by atoms with Gasteiger partial charge in [-0.15, -0.1) is 0 Å². The van der Waals surface area contributed by atoms with Crippen molar-refractivity contribution in [3.05, 3.63) is 114 Å². The highest BCUT2D eigenvalue weighted by Crippen LogP contribution is 2.33. The maximum Gasteiger partial charge on any atom is 0.330 e. The van der Waals surface area contributed by atoms with Gasteiger partial charge in [-0.1, -0.05) is 85.8 Å². The molecule has 4 aromatic rings. The van der Waals surface area contributed by atoms with Crippen molar-refractivity contribution >= 4 is 23.8 Å². The molecule has 0 aromatic heterocycles. The van der Waals surface area contributed by atoms with Crippen LogP contribution in [-0.2, 0) is 25.5 Å². The maximum atomic E-state index is 12.7. The second kappa shape index (κ2) is 18.6. The number of ether oxygens (including phenoxy) is 3. The highest BCUT2D eigenvalue weighted by atomic mass is 16.5. The van der Waals surface area contributed by atoms with E-state index in [1.165, 1.54) is 21.3 Å². The van der Waals surface area contributed by atoms with Crippen LogP contribution in [0.3, 0.4) is 0 Å². The topological polar surface area (TPSA) is 160 Å². The fourth-order valence-electron chi connectivity index (χ4n) is 4.94. The van der Waals surface area contributed by atoms with E-state index in [1.807, 2.05) is 79.7 Å². The molecule has 2 atom stereocenters. The molecule has 11 heteroatoms. The number of aliphatic hydroxyl groups excluding tert-OH is 2. The van der Waals surface area contributed by atoms with Crippen molar-refractivity contribution in [3.63, 3.8) is 0 Å². The molecular weight excluding hydrogens is 616 g/mol. The Kier molecular flexibility index (Phi) is 14.3. The van der Waals surface area contributed by atoms with Gasteiger partial charge in [0.2, 0.25) is 0 Å². The monoisotopic (exact) mass is 656 g/mol. The molecule has 48 heavy (non-hydrogen) atoms. The van der Waals surface area contributed by atoms with Gasteiger partial charge in [0.15, 0.2) is 12.1 Å². The van der Waals surface area contributed by atoms with E-state index in [2.05, 4.69) is 20.1 Å². The predicted molar refractivity (Wildman–Crippen MR) is 180 cm³/mol. The Morgan fingerprint density at radius 3 is 1.46 bits per heavy atom. The fraction of sp³-hybridized carbons (Fsp3) is 0.243. The first kappa shape index (κ1) is 36.9. The van der Waals surface area contributed by atoms with E-state index in [0.717, 1.165) is 28.7 Å². The largest absolute Gasteiger partial charge is 0.496 e. The van der Waals surface area contributed by atoms with Gasteiger partial charge in [0.25, 0.3) is 11.8 Å². The Hall–Kier alpha value is -5.52. The van der Waals surface area contributed by atoms with Crippen LogP contribution in [0.5, 0.6) is 5.75 Å². The van der Waals surface area contributed by atoms with Gasteiger partial charge in [-0.05, 0) is 46.9 Å². The van der Waals surface area contributed by atoms with E-state index in [4.69, 9.17) is 4.74 Å². The standard InChI is InChI=1S/C19H21NO4.C18H19NO5/c1-3-13-10-7-11-15(17(13)14-8-5-4-6-9-14)18(22)20-16(12-21)19(23)24-2;1-23-15-10-6-9-13(16(15)12-7-4-3-5-8-12)17(21)19-14(11-20)18(22)24-2/h4-11,16,21H,3,12H2,1-2H3,(H,20,22);3-10,14,20H,11H2,1-2H3,(H,19,21)/t16-;14-/m00/s1. The number of nitrogens with one attached hydrogen (secondary N) is 2. The quantitative estimate of drug-likeness (QED) is 0.166. The molecule has 0 fully saturated rings. The molecule has 0 spiro atoms. The van der Waals surface area contributed by atoms with Crippen molar-refractivity contribution in [1.82, 2.24) is 10.6 Å². The van der Waals surface area contributed by atoms with Gasteiger partial charge in [0.1, 0.15) is 5.75 Å². The number of amides is 2. The third-order valence-electron chi connectivity index (χ3n) is 7.34. The third-order valence-corrected chi connectivity index (χ3v) is 7.34. The molecule has 0 saturated heterocycles. The van der Waals surface area contributed by atoms with Crippen molar-refractivity contribution < 1.29 is 43.6 Å². The van der Waals surface area contributed by atoms with Crippen LogP contribution >= 0.6 is 0 Å². The molecule has 0 heterocycles. The van der Waals surface area contributed by atoms with Crippen LogP contribution in [-0.4, -0.2) is 80.6 Å². The zero-order valence-electron chi connectivity index (χ0n) is 27.3. The maximum absolute atomic E-state index is 12.7. The Labute approximate surface area is 279 Å². The average molecular weight is 657 g/mol. The summed E-state index contributed by atoms with van der Waals surface area (Å²) in [6.07, 6.45) is 0.770. The molecule has 0 saturated carbocycles. The Balaban J connectivity index is 0.000000260. The van der Waals surface area contributed by atoms with Gasteiger partial charge >= 0.3 is 11.9 Å². The lowest BCUT2D eigenvalue weighted by Crippen LogP contribution is -2.44. The highest BCUT2D eigenvalue weighted by Gasteiger charge is 2.25. The van der Waals surface area contributed by atoms with Crippen LogP contribution in [0.1, 0.15) is 33.2 Å². The number of aliphatic hydroxyl groups is 2. The summed E-state index contributed by atoms with van der Waals surface area (Å²) in [6, 6.07) is 27.3. The average Bonchev–Trinajstić information content (AvgIpc) is 3.15. The Bertz CT molecular complexity index is 1550. The summed E-state index contributed by atoms with van der Waals surface area (Å²) in [5.74, 6) is -1.79. The van der Waals surface area contributed by atoms with Gasteiger partial charge < -0.3 is 35.1 Å². The van der Waals surface area contributed by atoms with E-state index in [1.54, 1.807) is 24.3 Å². The van der Waals surface area contributed by atoms with Crippen molar-refractivity contribution in [1.29, 1.82) is 0 Å². The van der Waals surface area contributed by atoms with Crippen molar-refractivity contribution in [3.8, 4) is 28.0 Å². The molecule has 4 rings (SSSR count). The molecule has 4 N–H and O–H groups in total. The SMILES string of the molecule is CCc1cccc(C(=O)N[C@@H](CO)C(=O)OC)c1-c1ccccc1.COC(=O)[C@H](CO)NC(=O)c1cccc(OC)c1-c1ccccc1. The van der Waals surface area contributed by atoms with Gasteiger partial charge in [0, 0.05) is 11.1 Å². The molecule has 0 bridgehead atoms. The fourth-order valence-corrected chi connectivity index (χ4v) is 4.94. The minimum atomic E-state index is -1.13. The van der Waals surface area contributed by atoms with Crippen LogP contribution in [0.25, 0.3) is 22.3 Å². The number of hydrogen-bond donors (Lipinski definition) is 4. The number of carbonyl (C=O) groups excluding carboxylic acids is 4. The van der Waals surface area contributed by atoms with Crippen LogP contribution in [0.2, 0.25) is 0 Å². The predicted octanol–water partition coefficient (Wildman–Crippen LogP) is 3.81. The Morgan fingerprint density at radius 2 is 1.04 bits per heavy atom. The van der Waals surface area contributed by atoms with Gasteiger partial charge in [0.05, 0.1) is 40.1 Å². The van der Waals surface area contributed by atoms with E-state index in [-0.39, 0.29) is 0 Å². The van der Waals surface area contributed by atoms with Gasteiger partial charge in [-0.3, -0.25) is 9.59 Å². The second-order valence-electron chi connectivity index (χ2n) is 10.3. The lowest BCUT2D eigenvalue weighted by atomic mass is 9.92. The third kappa shape index (κ3) is 9.27. The minimum absolute atomic E-state index is 0.336. The van der Waals surface area contributed by atoms with E-state index >= 15 is 0 Å². The van der Waals surface area contributed by atoms with E-state index in [9.17, 15) is 29.4 Å². The molecule has 2 amide bonds. The molecule has 11 nitrogen and oxygen atoms in total. The molecule has 0 aliphatic rings. The van der Waals surface area contributed by atoms with Crippen molar-refractivity contribution in [2.45, 2.75) is 25.4 Å². The molecule has 0 aliphatic heterocycles. The summed E-state index contributed by atoms with van der Waals surface area (Å²) < 4.78 is 14.5. The molecule has 0 unspecified atom stereocenters. The van der Waals surface area contributed by atoms with Gasteiger partial charge in [-0.2, -0.15) is 0 Å².